The van der Waals surface area contributed by atoms with E-state index in [2.05, 4.69) is 32.3 Å². The Hall–Kier alpha value is -4.70. The maximum absolute atomic E-state index is 14.2. The number of fused-ring (bicyclic) bond motifs is 1. The molecule has 1 aliphatic rings. The summed E-state index contributed by atoms with van der Waals surface area (Å²) in [6.07, 6.45) is 1.73. The number of esters is 2. The van der Waals surface area contributed by atoms with Crippen molar-refractivity contribution in [3.8, 4) is 23.0 Å². The molecule has 0 saturated heterocycles. The maximum Gasteiger partial charge on any atom is 0.343 e. The lowest BCUT2D eigenvalue weighted by atomic mass is 9.95. The minimum Gasteiger partial charge on any atom is -0.493 e. The SMILES string of the molecule is CCOC(=O)C1=C(C)N=c2s/c(=C\c3cc(I)c(OCc4ccc(F)cc4)c(OC)c3)c(=O)n2[C@H]1c1ccc(OCC(=O)OC)c(OCC)c1. The van der Waals surface area contributed by atoms with Crippen LogP contribution in [0.2, 0.25) is 0 Å². The predicted molar refractivity (Wildman–Crippen MR) is 192 cm³/mol. The normalized spacial score (nSPS) is 14.1. The van der Waals surface area contributed by atoms with Gasteiger partial charge in [-0.05, 0) is 103 Å². The van der Waals surface area contributed by atoms with Crippen LogP contribution in [0.15, 0.2) is 75.7 Å². The van der Waals surface area contributed by atoms with Gasteiger partial charge in [0.2, 0.25) is 0 Å². The minimum atomic E-state index is -0.904. The third-order valence-corrected chi connectivity index (χ3v) is 9.30. The molecule has 0 bridgehead atoms. The molecule has 3 aromatic carbocycles. The summed E-state index contributed by atoms with van der Waals surface area (Å²) < 4.78 is 49.2. The summed E-state index contributed by atoms with van der Waals surface area (Å²) in [5.74, 6) is 0.0742. The van der Waals surface area contributed by atoms with Crippen molar-refractivity contribution in [2.75, 3.05) is 34.0 Å². The molecule has 0 aliphatic carbocycles. The fraction of sp³-hybridized carbons (Fsp3) is 0.278. The minimum absolute atomic E-state index is 0.126. The van der Waals surface area contributed by atoms with Crippen molar-refractivity contribution in [2.24, 2.45) is 4.99 Å². The van der Waals surface area contributed by atoms with Gasteiger partial charge in [0, 0.05) is 0 Å². The molecule has 50 heavy (non-hydrogen) atoms. The molecule has 2 heterocycles. The zero-order chi connectivity index (χ0) is 35.9. The van der Waals surface area contributed by atoms with Crippen molar-refractivity contribution in [3.63, 3.8) is 0 Å². The number of carbonyl (C=O) groups is 2. The molecule has 0 amide bonds. The molecule has 1 aromatic heterocycles. The average Bonchev–Trinajstić information content (AvgIpc) is 3.40. The number of benzene rings is 3. The summed E-state index contributed by atoms with van der Waals surface area (Å²) in [5.41, 5.74) is 2.25. The summed E-state index contributed by atoms with van der Waals surface area (Å²) >= 11 is 3.32. The second-order valence-corrected chi connectivity index (χ2v) is 12.9. The fourth-order valence-corrected chi connectivity index (χ4v) is 7.06. The van der Waals surface area contributed by atoms with Gasteiger partial charge in [-0.3, -0.25) is 9.36 Å². The van der Waals surface area contributed by atoms with Gasteiger partial charge in [0.1, 0.15) is 12.4 Å². The van der Waals surface area contributed by atoms with E-state index < -0.39 is 18.0 Å². The first-order valence-electron chi connectivity index (χ1n) is 15.5. The Morgan fingerprint density at radius 1 is 0.980 bits per heavy atom. The maximum atomic E-state index is 14.2. The lowest BCUT2D eigenvalue weighted by Gasteiger charge is -2.25. The Balaban J connectivity index is 1.58. The zero-order valence-corrected chi connectivity index (χ0v) is 30.9. The number of hydrogen-bond donors (Lipinski definition) is 0. The highest BCUT2D eigenvalue weighted by Gasteiger charge is 2.34. The molecule has 1 aliphatic heterocycles. The summed E-state index contributed by atoms with van der Waals surface area (Å²) in [6.45, 7) is 5.49. The second-order valence-electron chi connectivity index (χ2n) is 10.8. The Morgan fingerprint density at radius 2 is 1.74 bits per heavy atom. The van der Waals surface area contributed by atoms with Gasteiger partial charge >= 0.3 is 11.9 Å². The molecule has 0 unspecified atom stereocenters. The van der Waals surface area contributed by atoms with Gasteiger partial charge in [0.25, 0.3) is 5.56 Å². The van der Waals surface area contributed by atoms with E-state index in [9.17, 15) is 18.8 Å². The number of halogens is 2. The molecule has 14 heteroatoms. The number of nitrogens with zero attached hydrogens (tertiary/aromatic N) is 2. The standard InChI is InChI=1S/C36H34FIN2O9S/c1-6-46-27-17-23(10-13-26(27)48-19-30(41)45-5)32-31(35(43)47-7-2)20(3)39-36-40(32)34(42)29(50-36)16-22-14-25(38)33(28(15-22)44-4)49-18-21-8-11-24(37)12-9-21/h8-17,32H,6-7,18-19H2,1-5H3/b29-16-/t32-/m0/s1. The first kappa shape index (κ1) is 36.6. The molecule has 262 valence electrons. The van der Waals surface area contributed by atoms with Gasteiger partial charge in [0.05, 0.1) is 52.8 Å². The van der Waals surface area contributed by atoms with E-state index in [1.54, 1.807) is 63.2 Å². The number of hydrogen-bond acceptors (Lipinski definition) is 11. The van der Waals surface area contributed by atoms with Gasteiger partial charge in [0.15, 0.2) is 34.4 Å². The van der Waals surface area contributed by atoms with E-state index >= 15 is 0 Å². The van der Waals surface area contributed by atoms with E-state index in [-0.39, 0.29) is 36.8 Å². The molecule has 0 spiro atoms. The second kappa shape index (κ2) is 16.3. The van der Waals surface area contributed by atoms with Crippen LogP contribution >= 0.6 is 33.9 Å². The van der Waals surface area contributed by atoms with Gasteiger partial charge < -0.3 is 28.4 Å². The van der Waals surface area contributed by atoms with Crippen LogP contribution in [0.1, 0.15) is 43.5 Å². The first-order chi connectivity index (χ1) is 24.1. The Bertz CT molecular complexity index is 2130. The van der Waals surface area contributed by atoms with E-state index in [4.69, 9.17) is 23.7 Å². The number of carbonyl (C=O) groups excluding carboxylic acids is 2. The zero-order valence-electron chi connectivity index (χ0n) is 27.9. The van der Waals surface area contributed by atoms with Crippen LogP contribution in [0.3, 0.4) is 0 Å². The van der Waals surface area contributed by atoms with Crippen LogP contribution in [0.25, 0.3) is 6.08 Å². The van der Waals surface area contributed by atoms with Crippen LogP contribution in [0.4, 0.5) is 4.39 Å². The van der Waals surface area contributed by atoms with Crippen LogP contribution in [-0.2, 0) is 25.7 Å². The molecule has 1 atom stereocenters. The van der Waals surface area contributed by atoms with Crippen molar-refractivity contribution < 1.29 is 42.4 Å². The van der Waals surface area contributed by atoms with E-state index in [1.165, 1.54) is 42.3 Å². The third kappa shape index (κ3) is 8.02. The number of ether oxygens (including phenoxy) is 6. The number of rotatable bonds is 13. The predicted octanol–water partition coefficient (Wildman–Crippen LogP) is 5.08. The molecule has 0 N–H and O–H groups in total. The van der Waals surface area contributed by atoms with Crippen molar-refractivity contribution >= 4 is 51.9 Å². The van der Waals surface area contributed by atoms with Crippen molar-refractivity contribution in [2.45, 2.75) is 33.4 Å². The smallest absolute Gasteiger partial charge is 0.343 e. The summed E-state index contributed by atoms with van der Waals surface area (Å²) in [5, 5.41) is 0. The number of thiazole rings is 1. The lowest BCUT2D eigenvalue weighted by molar-refractivity contribution is -0.143. The van der Waals surface area contributed by atoms with Crippen LogP contribution in [0, 0.1) is 9.39 Å². The third-order valence-electron chi connectivity index (χ3n) is 7.52. The highest BCUT2D eigenvalue weighted by atomic mass is 127. The lowest BCUT2D eigenvalue weighted by Crippen LogP contribution is -2.40. The molecule has 5 rings (SSSR count). The molecule has 0 radical (unpaired) electrons. The number of aromatic nitrogens is 1. The Kier molecular flexibility index (Phi) is 12.0. The van der Waals surface area contributed by atoms with Gasteiger partial charge in [-0.2, -0.15) is 0 Å². The van der Waals surface area contributed by atoms with E-state index in [0.29, 0.717) is 55.8 Å². The van der Waals surface area contributed by atoms with E-state index in [0.717, 1.165) is 9.13 Å². The monoisotopic (exact) mass is 816 g/mol. The summed E-state index contributed by atoms with van der Waals surface area (Å²) in [4.78, 5) is 44.4. The average molecular weight is 817 g/mol. The topological polar surface area (TPSA) is 124 Å². The highest BCUT2D eigenvalue weighted by molar-refractivity contribution is 14.1. The van der Waals surface area contributed by atoms with Gasteiger partial charge in [-0.25, -0.2) is 19.0 Å². The number of methoxy groups -OCH3 is 2. The molecule has 11 nitrogen and oxygen atoms in total. The Morgan fingerprint density at radius 3 is 2.42 bits per heavy atom. The largest absolute Gasteiger partial charge is 0.493 e. The summed E-state index contributed by atoms with van der Waals surface area (Å²) in [7, 11) is 2.79. The molecule has 0 saturated carbocycles. The van der Waals surface area contributed by atoms with E-state index in [1.807, 2.05) is 6.07 Å². The number of allylic oxidation sites excluding steroid dienone is 1. The van der Waals surface area contributed by atoms with Crippen molar-refractivity contribution in [1.82, 2.24) is 4.57 Å². The Labute approximate surface area is 304 Å². The molecular formula is C36H34FIN2O9S. The van der Waals surface area contributed by atoms with Crippen molar-refractivity contribution in [3.05, 3.63) is 112 Å². The van der Waals surface area contributed by atoms with Crippen LogP contribution in [-0.4, -0.2) is 50.5 Å². The molecular weight excluding hydrogens is 782 g/mol. The van der Waals surface area contributed by atoms with Gasteiger partial charge in [-0.1, -0.05) is 29.5 Å². The fourth-order valence-electron chi connectivity index (χ4n) is 5.24. The molecule has 4 aromatic rings. The summed E-state index contributed by atoms with van der Waals surface area (Å²) in [6, 6.07) is 13.7. The highest BCUT2D eigenvalue weighted by Crippen LogP contribution is 2.37. The first-order valence-corrected chi connectivity index (χ1v) is 17.4. The van der Waals surface area contributed by atoms with Crippen LogP contribution < -0.4 is 33.8 Å². The van der Waals surface area contributed by atoms with Crippen LogP contribution in [0.5, 0.6) is 23.0 Å². The van der Waals surface area contributed by atoms with Gasteiger partial charge in [-0.15, -0.1) is 0 Å². The van der Waals surface area contributed by atoms with Crippen molar-refractivity contribution in [1.29, 1.82) is 0 Å². The quantitative estimate of drug-likeness (QED) is 0.134. The molecule has 0 fully saturated rings.